The molecule has 2 aliphatic rings. The average Bonchev–Trinajstić information content (AvgIpc) is 2.52. The molecule has 2 heteroatoms. The second-order valence-corrected chi connectivity index (χ2v) is 13.4. The number of carbonyl (C=O) groups excluding carboxylic acids is 1. The van der Waals surface area contributed by atoms with Crippen molar-refractivity contribution in [3.63, 3.8) is 0 Å². The van der Waals surface area contributed by atoms with Gasteiger partial charge in [-0.05, 0) is 74.2 Å². The predicted octanol–water partition coefficient (Wildman–Crippen LogP) is 7.52. The molecule has 0 aliphatic heterocycles. The van der Waals surface area contributed by atoms with Crippen LogP contribution in [0.25, 0.3) is 0 Å². The SMILES string of the molecule is CC1=C(C(C)(C)C)C(=C2C=C(C(C)(C)C)C(=O)C=C2C(C)(C)C)C(O)C(C(C)(C)C)=C1. The Kier molecular flexibility index (Phi) is 6.38. The topological polar surface area (TPSA) is 37.3 Å². The Morgan fingerprint density at radius 2 is 1.16 bits per heavy atom. The van der Waals surface area contributed by atoms with Crippen LogP contribution in [0.2, 0.25) is 0 Å². The van der Waals surface area contributed by atoms with Crippen LogP contribution in [0.3, 0.4) is 0 Å². The van der Waals surface area contributed by atoms with Crippen LogP contribution < -0.4 is 0 Å². The molecule has 0 saturated heterocycles. The third-order valence-electron chi connectivity index (χ3n) is 6.25. The predicted molar refractivity (Wildman–Crippen MR) is 133 cm³/mol. The van der Waals surface area contributed by atoms with Crippen LogP contribution in [0.1, 0.15) is 90.0 Å². The summed E-state index contributed by atoms with van der Waals surface area (Å²) in [4.78, 5) is 13.1. The van der Waals surface area contributed by atoms with Crippen molar-refractivity contribution in [3.05, 3.63) is 57.2 Å². The Labute approximate surface area is 190 Å². The molecule has 0 bridgehead atoms. The number of ketones is 1. The second kappa shape index (κ2) is 7.73. The molecule has 1 unspecified atom stereocenters. The van der Waals surface area contributed by atoms with Crippen molar-refractivity contribution in [1.29, 1.82) is 0 Å². The van der Waals surface area contributed by atoms with Gasteiger partial charge in [0.05, 0.1) is 0 Å². The standard InChI is InChI=1S/C29H44O2/c1-17-14-21(28(8,9)10)25(31)23(24(17)29(11,12)13)18-15-20(27(5,6)7)22(30)16-19(18)26(2,3)4/h14-16,25,31H,1-13H3. The first-order valence-electron chi connectivity index (χ1n) is 11.5. The Hall–Kier alpha value is -1.67. The highest BCUT2D eigenvalue weighted by Crippen LogP contribution is 2.50. The number of carbonyl (C=O) groups is 1. The molecule has 0 radical (unpaired) electrons. The summed E-state index contributed by atoms with van der Waals surface area (Å²) in [6.45, 7) is 27.9. The van der Waals surface area contributed by atoms with Crippen LogP contribution in [0, 0.1) is 21.7 Å². The average molecular weight is 425 g/mol. The maximum atomic E-state index is 13.1. The van der Waals surface area contributed by atoms with E-state index in [4.69, 9.17) is 0 Å². The minimum Gasteiger partial charge on any atom is -0.384 e. The van der Waals surface area contributed by atoms with E-state index < -0.39 is 6.10 Å². The fraction of sp³-hybridized carbons (Fsp3) is 0.621. The van der Waals surface area contributed by atoms with Gasteiger partial charge in [0.1, 0.15) is 6.10 Å². The Balaban J connectivity index is 3.06. The minimum absolute atomic E-state index is 0.0803. The zero-order valence-corrected chi connectivity index (χ0v) is 22.2. The number of hydrogen-bond donors (Lipinski definition) is 1. The summed E-state index contributed by atoms with van der Waals surface area (Å²) < 4.78 is 0. The van der Waals surface area contributed by atoms with E-state index in [0.29, 0.717) is 0 Å². The zero-order valence-electron chi connectivity index (χ0n) is 22.2. The largest absolute Gasteiger partial charge is 0.384 e. The van der Waals surface area contributed by atoms with Crippen LogP contribution in [0.15, 0.2) is 57.2 Å². The molecule has 172 valence electrons. The summed E-state index contributed by atoms with van der Waals surface area (Å²) >= 11 is 0. The summed E-state index contributed by atoms with van der Waals surface area (Å²) in [5.41, 5.74) is 6.38. The lowest BCUT2D eigenvalue weighted by Gasteiger charge is -2.41. The molecule has 2 nitrogen and oxygen atoms in total. The summed E-state index contributed by atoms with van der Waals surface area (Å²) in [7, 11) is 0. The fourth-order valence-electron chi connectivity index (χ4n) is 4.80. The monoisotopic (exact) mass is 424 g/mol. The number of aliphatic hydroxyl groups is 1. The van der Waals surface area contributed by atoms with Gasteiger partial charge >= 0.3 is 0 Å². The van der Waals surface area contributed by atoms with Gasteiger partial charge in [0, 0.05) is 5.57 Å². The lowest BCUT2D eigenvalue weighted by Crippen LogP contribution is -2.34. The minimum atomic E-state index is -0.704. The van der Waals surface area contributed by atoms with Crippen molar-refractivity contribution in [1.82, 2.24) is 0 Å². The van der Waals surface area contributed by atoms with Crippen LogP contribution in [-0.2, 0) is 4.79 Å². The van der Waals surface area contributed by atoms with Gasteiger partial charge in [-0.15, -0.1) is 0 Å². The van der Waals surface area contributed by atoms with Gasteiger partial charge in [0.15, 0.2) is 5.78 Å². The van der Waals surface area contributed by atoms with Crippen molar-refractivity contribution in [2.24, 2.45) is 21.7 Å². The van der Waals surface area contributed by atoms with Gasteiger partial charge in [-0.1, -0.05) is 89.2 Å². The van der Waals surface area contributed by atoms with Crippen molar-refractivity contribution in [2.45, 2.75) is 96.1 Å². The molecule has 2 rings (SSSR count). The molecule has 0 aromatic heterocycles. The highest BCUT2D eigenvalue weighted by Gasteiger charge is 2.40. The molecule has 0 amide bonds. The van der Waals surface area contributed by atoms with Crippen LogP contribution in [-0.4, -0.2) is 17.0 Å². The summed E-state index contributed by atoms with van der Waals surface area (Å²) in [6.07, 6.45) is 5.37. The molecular formula is C29H44O2. The molecule has 1 N–H and O–H groups in total. The van der Waals surface area contributed by atoms with Gasteiger partial charge in [0.25, 0.3) is 0 Å². The van der Waals surface area contributed by atoms with E-state index in [1.54, 1.807) is 0 Å². The Morgan fingerprint density at radius 1 is 0.677 bits per heavy atom. The van der Waals surface area contributed by atoms with E-state index in [-0.39, 0.29) is 27.4 Å². The van der Waals surface area contributed by atoms with E-state index in [2.05, 4.69) is 102 Å². The lowest BCUT2D eigenvalue weighted by molar-refractivity contribution is -0.112. The first kappa shape index (κ1) is 25.6. The van der Waals surface area contributed by atoms with Gasteiger partial charge in [-0.2, -0.15) is 0 Å². The number of allylic oxidation sites excluding steroid dienone is 7. The Bertz CT molecular complexity index is 931. The molecule has 0 saturated carbocycles. The molecular weight excluding hydrogens is 380 g/mol. The number of aliphatic hydroxyl groups excluding tert-OH is 1. The van der Waals surface area contributed by atoms with Crippen LogP contribution in [0.4, 0.5) is 0 Å². The third kappa shape index (κ3) is 5.06. The van der Waals surface area contributed by atoms with Crippen LogP contribution in [0.5, 0.6) is 0 Å². The van der Waals surface area contributed by atoms with Gasteiger partial charge < -0.3 is 5.11 Å². The van der Waals surface area contributed by atoms with E-state index in [1.165, 1.54) is 11.1 Å². The highest BCUT2D eigenvalue weighted by molar-refractivity contribution is 6.08. The van der Waals surface area contributed by atoms with Gasteiger partial charge in [0.2, 0.25) is 0 Å². The van der Waals surface area contributed by atoms with Gasteiger partial charge in [-0.25, -0.2) is 0 Å². The van der Waals surface area contributed by atoms with E-state index in [9.17, 15) is 9.90 Å². The van der Waals surface area contributed by atoms with E-state index in [0.717, 1.165) is 27.9 Å². The van der Waals surface area contributed by atoms with Crippen molar-refractivity contribution >= 4 is 5.78 Å². The maximum absolute atomic E-state index is 13.1. The maximum Gasteiger partial charge on any atom is 0.182 e. The van der Waals surface area contributed by atoms with Gasteiger partial charge in [-0.3, -0.25) is 4.79 Å². The second-order valence-electron chi connectivity index (χ2n) is 13.4. The molecule has 1 atom stereocenters. The smallest absolute Gasteiger partial charge is 0.182 e. The first-order valence-corrected chi connectivity index (χ1v) is 11.5. The summed E-state index contributed by atoms with van der Waals surface area (Å²) in [6, 6.07) is 0. The van der Waals surface area contributed by atoms with E-state index >= 15 is 0 Å². The first-order chi connectivity index (χ1) is 13.7. The molecule has 0 heterocycles. The van der Waals surface area contributed by atoms with E-state index in [1.807, 2.05) is 6.08 Å². The normalized spacial score (nSPS) is 24.3. The van der Waals surface area contributed by atoms with Crippen molar-refractivity contribution < 1.29 is 9.90 Å². The highest BCUT2D eigenvalue weighted by atomic mass is 16.3. The fourth-order valence-corrected chi connectivity index (χ4v) is 4.80. The Morgan fingerprint density at radius 3 is 1.55 bits per heavy atom. The quantitative estimate of drug-likeness (QED) is 0.436. The van der Waals surface area contributed by atoms with Crippen LogP contribution >= 0.6 is 0 Å². The molecule has 31 heavy (non-hydrogen) atoms. The lowest BCUT2D eigenvalue weighted by atomic mass is 9.64. The zero-order chi connectivity index (χ0) is 24.3. The third-order valence-corrected chi connectivity index (χ3v) is 6.25. The number of rotatable bonds is 0. The molecule has 2 aliphatic carbocycles. The molecule has 0 fully saturated rings. The molecule has 0 aromatic rings. The number of hydrogen-bond acceptors (Lipinski definition) is 2. The summed E-state index contributed by atoms with van der Waals surface area (Å²) in [5.74, 6) is 0.0803. The molecule has 0 spiro atoms. The molecule has 0 aromatic carbocycles. The van der Waals surface area contributed by atoms with Crippen molar-refractivity contribution in [2.75, 3.05) is 0 Å². The van der Waals surface area contributed by atoms with Crippen molar-refractivity contribution in [3.8, 4) is 0 Å². The summed E-state index contributed by atoms with van der Waals surface area (Å²) in [5, 5.41) is 11.8.